The van der Waals surface area contributed by atoms with Crippen LogP contribution in [0.3, 0.4) is 0 Å². The van der Waals surface area contributed by atoms with Crippen LogP contribution in [0.5, 0.6) is 0 Å². The van der Waals surface area contributed by atoms with E-state index in [4.69, 9.17) is 5.73 Å². The van der Waals surface area contributed by atoms with Gasteiger partial charge in [0.25, 0.3) is 0 Å². The molecule has 22 heavy (non-hydrogen) atoms. The average molecular weight is 296 g/mol. The fraction of sp³-hybridized carbons (Fsp3) is 0.316. The summed E-state index contributed by atoms with van der Waals surface area (Å²) in [5.74, 6) is 0.0928. The number of carbonyl (C=O) groups excluding carboxylic acids is 1. The van der Waals surface area contributed by atoms with Gasteiger partial charge in [0.1, 0.15) is 0 Å². The Bertz CT molecular complexity index is 581. The molecule has 0 heterocycles. The Morgan fingerprint density at radius 2 is 1.55 bits per heavy atom. The molecule has 0 saturated heterocycles. The second-order valence-corrected chi connectivity index (χ2v) is 5.82. The van der Waals surface area contributed by atoms with Gasteiger partial charge < -0.3 is 10.6 Å². The van der Waals surface area contributed by atoms with Crippen LogP contribution in [-0.4, -0.2) is 16.8 Å². The average Bonchev–Trinajstić information content (AvgIpc) is 2.54. The van der Waals surface area contributed by atoms with E-state index in [1.54, 1.807) is 0 Å². The lowest BCUT2D eigenvalue weighted by molar-refractivity contribution is -0.134. The van der Waals surface area contributed by atoms with Gasteiger partial charge in [-0.1, -0.05) is 60.7 Å². The standard InChI is InChI=1S/C19H24N2O/c1-15(2)21(14-16-9-5-3-6-10-16)19(22)13-18(20)17-11-7-4-8-12-17/h3-12,15,18H,13-14,20H2,1-2H3. The first-order valence-electron chi connectivity index (χ1n) is 7.72. The lowest BCUT2D eigenvalue weighted by atomic mass is 10.0. The summed E-state index contributed by atoms with van der Waals surface area (Å²) in [5.41, 5.74) is 8.32. The third-order valence-electron chi connectivity index (χ3n) is 3.76. The third-order valence-corrected chi connectivity index (χ3v) is 3.76. The first kappa shape index (κ1) is 16.2. The van der Waals surface area contributed by atoms with Crippen LogP contribution in [-0.2, 0) is 11.3 Å². The predicted molar refractivity (Wildman–Crippen MR) is 90.1 cm³/mol. The van der Waals surface area contributed by atoms with Crippen molar-refractivity contribution in [3.63, 3.8) is 0 Å². The number of hydrogen-bond donors (Lipinski definition) is 1. The number of carbonyl (C=O) groups is 1. The molecule has 1 amide bonds. The Balaban J connectivity index is 2.04. The van der Waals surface area contributed by atoms with Crippen molar-refractivity contribution < 1.29 is 4.79 Å². The van der Waals surface area contributed by atoms with Crippen molar-refractivity contribution in [3.8, 4) is 0 Å². The number of amides is 1. The van der Waals surface area contributed by atoms with Gasteiger partial charge in [-0.15, -0.1) is 0 Å². The van der Waals surface area contributed by atoms with Crippen LogP contribution in [0.15, 0.2) is 60.7 Å². The fourth-order valence-corrected chi connectivity index (χ4v) is 2.46. The Labute approximate surface area is 132 Å². The zero-order valence-electron chi connectivity index (χ0n) is 13.3. The molecule has 1 atom stereocenters. The lowest BCUT2D eigenvalue weighted by Gasteiger charge is -2.28. The zero-order valence-corrected chi connectivity index (χ0v) is 13.3. The molecule has 116 valence electrons. The first-order valence-corrected chi connectivity index (χ1v) is 7.72. The van der Waals surface area contributed by atoms with Gasteiger partial charge >= 0.3 is 0 Å². The summed E-state index contributed by atoms with van der Waals surface area (Å²) in [6.45, 7) is 4.70. The summed E-state index contributed by atoms with van der Waals surface area (Å²) in [4.78, 5) is 14.5. The quantitative estimate of drug-likeness (QED) is 0.886. The van der Waals surface area contributed by atoms with Gasteiger partial charge in [0.05, 0.1) is 0 Å². The van der Waals surface area contributed by atoms with Crippen LogP contribution in [0, 0.1) is 0 Å². The molecule has 0 fully saturated rings. The number of nitrogens with zero attached hydrogens (tertiary/aromatic N) is 1. The van der Waals surface area contributed by atoms with E-state index < -0.39 is 0 Å². The summed E-state index contributed by atoms with van der Waals surface area (Å²) in [5, 5.41) is 0. The maximum Gasteiger partial charge on any atom is 0.225 e. The molecule has 0 saturated carbocycles. The van der Waals surface area contributed by atoms with Crippen LogP contribution in [0.1, 0.15) is 37.4 Å². The third kappa shape index (κ3) is 4.43. The summed E-state index contributed by atoms with van der Waals surface area (Å²) < 4.78 is 0. The molecule has 2 rings (SSSR count). The van der Waals surface area contributed by atoms with E-state index in [0.717, 1.165) is 11.1 Å². The van der Waals surface area contributed by atoms with Crippen molar-refractivity contribution in [2.45, 2.75) is 38.9 Å². The van der Waals surface area contributed by atoms with Gasteiger partial charge in [0.15, 0.2) is 0 Å². The van der Waals surface area contributed by atoms with Gasteiger partial charge in [-0.25, -0.2) is 0 Å². The molecular weight excluding hydrogens is 272 g/mol. The molecule has 2 aromatic carbocycles. The highest BCUT2D eigenvalue weighted by molar-refractivity contribution is 5.77. The second kappa shape index (κ2) is 7.76. The molecule has 0 aliphatic carbocycles. The Kier molecular flexibility index (Phi) is 5.73. The number of nitrogens with two attached hydrogens (primary N) is 1. The SMILES string of the molecule is CC(C)N(Cc1ccccc1)C(=O)CC(N)c1ccccc1. The molecule has 0 aliphatic heterocycles. The van der Waals surface area contributed by atoms with E-state index in [1.807, 2.05) is 79.4 Å². The smallest absolute Gasteiger partial charge is 0.225 e. The van der Waals surface area contributed by atoms with Gasteiger partial charge in [0.2, 0.25) is 5.91 Å². The van der Waals surface area contributed by atoms with Crippen molar-refractivity contribution in [2.75, 3.05) is 0 Å². The predicted octanol–water partition coefficient (Wildman–Crippen LogP) is 3.51. The van der Waals surface area contributed by atoms with Crippen molar-refractivity contribution in [1.29, 1.82) is 0 Å². The summed E-state index contributed by atoms with van der Waals surface area (Å²) in [7, 11) is 0. The molecule has 0 bridgehead atoms. The Morgan fingerprint density at radius 1 is 1.00 bits per heavy atom. The minimum Gasteiger partial charge on any atom is -0.336 e. The molecule has 0 radical (unpaired) electrons. The Hall–Kier alpha value is -2.13. The molecule has 0 aliphatic rings. The highest BCUT2D eigenvalue weighted by atomic mass is 16.2. The fourth-order valence-electron chi connectivity index (χ4n) is 2.46. The maximum atomic E-state index is 12.6. The van der Waals surface area contributed by atoms with Crippen molar-refractivity contribution in [2.24, 2.45) is 5.73 Å². The van der Waals surface area contributed by atoms with E-state index in [2.05, 4.69) is 0 Å². The van der Waals surface area contributed by atoms with Gasteiger partial charge in [0, 0.05) is 25.0 Å². The van der Waals surface area contributed by atoms with Crippen molar-refractivity contribution in [3.05, 3.63) is 71.8 Å². The maximum absolute atomic E-state index is 12.6. The van der Waals surface area contributed by atoms with Gasteiger partial charge in [-0.3, -0.25) is 4.79 Å². The van der Waals surface area contributed by atoms with Crippen LogP contribution in [0.4, 0.5) is 0 Å². The van der Waals surface area contributed by atoms with E-state index in [1.165, 1.54) is 0 Å². The lowest BCUT2D eigenvalue weighted by Crippen LogP contribution is -2.37. The van der Waals surface area contributed by atoms with E-state index in [9.17, 15) is 4.79 Å². The van der Waals surface area contributed by atoms with Gasteiger partial charge in [-0.05, 0) is 25.0 Å². The van der Waals surface area contributed by atoms with Crippen LogP contribution >= 0.6 is 0 Å². The van der Waals surface area contributed by atoms with E-state index >= 15 is 0 Å². The Morgan fingerprint density at radius 3 is 2.09 bits per heavy atom. The molecule has 3 nitrogen and oxygen atoms in total. The number of rotatable bonds is 6. The monoisotopic (exact) mass is 296 g/mol. The van der Waals surface area contributed by atoms with Crippen LogP contribution in [0.25, 0.3) is 0 Å². The topological polar surface area (TPSA) is 46.3 Å². The second-order valence-electron chi connectivity index (χ2n) is 5.82. The molecule has 0 spiro atoms. The van der Waals surface area contributed by atoms with Crippen molar-refractivity contribution >= 4 is 5.91 Å². The van der Waals surface area contributed by atoms with Gasteiger partial charge in [-0.2, -0.15) is 0 Å². The van der Waals surface area contributed by atoms with Crippen LogP contribution in [0.2, 0.25) is 0 Å². The normalized spacial score (nSPS) is 12.2. The molecular formula is C19H24N2O. The zero-order chi connectivity index (χ0) is 15.9. The summed E-state index contributed by atoms with van der Waals surface area (Å²) in [6, 6.07) is 19.7. The summed E-state index contributed by atoms with van der Waals surface area (Å²) >= 11 is 0. The van der Waals surface area contributed by atoms with Crippen LogP contribution < -0.4 is 5.73 Å². The first-order chi connectivity index (χ1) is 10.6. The highest BCUT2D eigenvalue weighted by Crippen LogP contribution is 2.17. The number of hydrogen-bond acceptors (Lipinski definition) is 2. The largest absolute Gasteiger partial charge is 0.336 e. The molecule has 0 aromatic heterocycles. The number of benzene rings is 2. The molecule has 1 unspecified atom stereocenters. The van der Waals surface area contributed by atoms with E-state index in [-0.39, 0.29) is 18.0 Å². The minimum atomic E-state index is -0.259. The molecule has 3 heteroatoms. The molecule has 2 aromatic rings. The minimum absolute atomic E-state index is 0.0928. The van der Waals surface area contributed by atoms with Crippen molar-refractivity contribution in [1.82, 2.24) is 4.90 Å². The summed E-state index contributed by atoms with van der Waals surface area (Å²) in [6.07, 6.45) is 0.328. The highest BCUT2D eigenvalue weighted by Gasteiger charge is 2.20. The van der Waals surface area contributed by atoms with E-state index in [0.29, 0.717) is 13.0 Å². The molecule has 2 N–H and O–H groups in total.